The Kier molecular flexibility index (Phi) is 12.4. The Morgan fingerprint density at radius 1 is 1.03 bits per heavy atom. The second-order valence-electron chi connectivity index (χ2n) is 8.38. The fourth-order valence-corrected chi connectivity index (χ4v) is 2.99. The molecule has 4 heteroatoms. The van der Waals surface area contributed by atoms with Crippen molar-refractivity contribution in [3.63, 3.8) is 0 Å². The molecular formula is C27H41NO3. The minimum atomic E-state index is -0.350. The molecule has 0 spiro atoms. The van der Waals surface area contributed by atoms with E-state index in [9.17, 15) is 4.79 Å². The van der Waals surface area contributed by atoms with Crippen LogP contribution in [0, 0.1) is 0 Å². The summed E-state index contributed by atoms with van der Waals surface area (Å²) in [6.45, 7) is 13.5. The molecule has 0 radical (unpaired) electrons. The largest absolute Gasteiger partial charge is 0.489 e. The second-order valence-corrected chi connectivity index (χ2v) is 8.38. The van der Waals surface area contributed by atoms with Crippen LogP contribution in [0.25, 0.3) is 0 Å². The van der Waals surface area contributed by atoms with E-state index in [0.717, 1.165) is 43.5 Å². The molecule has 1 aromatic rings. The topological polar surface area (TPSA) is 47.6 Å². The van der Waals surface area contributed by atoms with Crippen LogP contribution in [0.2, 0.25) is 0 Å². The highest BCUT2D eigenvalue weighted by Crippen LogP contribution is 2.28. The Labute approximate surface area is 189 Å². The average molecular weight is 428 g/mol. The summed E-state index contributed by atoms with van der Waals surface area (Å²) in [4.78, 5) is 11.9. The standard InChI is InChI=1S/C27H41NO3/c1-8-23(6)31-26-16-15-24(27(29)30-7)19-25(26)28-18-17-22(5)14-10-13-21(4)12-9-11-20(2)3/h11,13,15-17,19,23,28H,8-10,12,14,18H2,1-7H3/b21-13+,22-17+. The van der Waals surface area contributed by atoms with E-state index in [1.54, 1.807) is 12.1 Å². The Bertz CT molecular complexity index is 786. The van der Waals surface area contributed by atoms with Gasteiger partial charge in [0.15, 0.2) is 0 Å². The molecule has 0 aromatic heterocycles. The van der Waals surface area contributed by atoms with E-state index < -0.39 is 0 Å². The van der Waals surface area contributed by atoms with Crippen LogP contribution >= 0.6 is 0 Å². The number of hydrogen-bond acceptors (Lipinski definition) is 4. The predicted molar refractivity (Wildman–Crippen MR) is 132 cm³/mol. The fourth-order valence-electron chi connectivity index (χ4n) is 2.99. The Balaban J connectivity index is 2.67. The van der Waals surface area contributed by atoms with Crippen molar-refractivity contribution < 1.29 is 14.3 Å². The lowest BCUT2D eigenvalue weighted by Gasteiger charge is -2.17. The summed E-state index contributed by atoms with van der Waals surface area (Å²) in [5, 5.41) is 3.40. The van der Waals surface area contributed by atoms with Gasteiger partial charge in [0.2, 0.25) is 0 Å². The van der Waals surface area contributed by atoms with E-state index in [4.69, 9.17) is 9.47 Å². The monoisotopic (exact) mass is 427 g/mol. The zero-order valence-corrected chi connectivity index (χ0v) is 20.5. The molecule has 31 heavy (non-hydrogen) atoms. The van der Waals surface area contributed by atoms with Crippen molar-refractivity contribution in [2.75, 3.05) is 19.0 Å². The van der Waals surface area contributed by atoms with E-state index in [1.165, 1.54) is 23.8 Å². The number of ether oxygens (including phenoxy) is 2. The maximum absolute atomic E-state index is 11.9. The van der Waals surface area contributed by atoms with Crippen molar-refractivity contribution in [3.8, 4) is 5.75 Å². The number of rotatable bonds is 13. The van der Waals surface area contributed by atoms with Crippen molar-refractivity contribution >= 4 is 11.7 Å². The van der Waals surface area contributed by atoms with E-state index in [0.29, 0.717) is 12.1 Å². The lowest BCUT2D eigenvalue weighted by molar-refractivity contribution is 0.0600. The van der Waals surface area contributed by atoms with Gasteiger partial charge in [-0.05, 0) is 84.9 Å². The second kappa shape index (κ2) is 14.5. The van der Waals surface area contributed by atoms with Crippen molar-refractivity contribution in [2.45, 2.75) is 79.8 Å². The van der Waals surface area contributed by atoms with Crippen LogP contribution in [-0.2, 0) is 4.74 Å². The zero-order chi connectivity index (χ0) is 23.2. The number of allylic oxidation sites excluding steroid dienone is 5. The smallest absolute Gasteiger partial charge is 0.337 e. The van der Waals surface area contributed by atoms with Crippen LogP contribution in [0.1, 0.15) is 84.0 Å². The van der Waals surface area contributed by atoms with Gasteiger partial charge in [-0.15, -0.1) is 0 Å². The first-order valence-corrected chi connectivity index (χ1v) is 11.3. The van der Waals surface area contributed by atoms with E-state index in [1.807, 2.05) is 13.0 Å². The fraction of sp³-hybridized carbons (Fsp3) is 0.519. The molecule has 1 rings (SSSR count). The summed E-state index contributed by atoms with van der Waals surface area (Å²) in [7, 11) is 1.39. The Morgan fingerprint density at radius 2 is 1.68 bits per heavy atom. The Hall–Kier alpha value is -2.49. The highest BCUT2D eigenvalue weighted by Gasteiger charge is 2.12. The quantitative estimate of drug-likeness (QED) is 0.262. The van der Waals surface area contributed by atoms with Gasteiger partial charge in [0.1, 0.15) is 5.75 Å². The molecule has 4 nitrogen and oxygen atoms in total. The lowest BCUT2D eigenvalue weighted by Crippen LogP contribution is -2.13. The molecule has 1 N–H and O–H groups in total. The number of esters is 1. The highest BCUT2D eigenvalue weighted by molar-refractivity contribution is 5.91. The molecule has 0 aliphatic carbocycles. The first kappa shape index (κ1) is 26.5. The molecule has 0 amide bonds. The van der Waals surface area contributed by atoms with Gasteiger partial charge in [-0.1, -0.05) is 41.9 Å². The van der Waals surface area contributed by atoms with Crippen molar-refractivity contribution in [1.82, 2.24) is 0 Å². The molecule has 172 valence electrons. The van der Waals surface area contributed by atoms with Crippen LogP contribution in [0.15, 0.2) is 53.1 Å². The normalized spacial score (nSPS) is 12.9. The molecule has 0 heterocycles. The van der Waals surface area contributed by atoms with Crippen molar-refractivity contribution in [2.24, 2.45) is 0 Å². The number of anilines is 1. The average Bonchev–Trinajstić information content (AvgIpc) is 2.73. The summed E-state index contributed by atoms with van der Waals surface area (Å²) < 4.78 is 10.9. The van der Waals surface area contributed by atoms with Crippen LogP contribution in [0.3, 0.4) is 0 Å². The van der Waals surface area contributed by atoms with Crippen LogP contribution in [0.5, 0.6) is 5.75 Å². The first-order valence-electron chi connectivity index (χ1n) is 11.3. The lowest BCUT2D eigenvalue weighted by atomic mass is 10.1. The van der Waals surface area contributed by atoms with E-state index in [-0.39, 0.29) is 12.1 Å². The number of benzene rings is 1. The minimum Gasteiger partial charge on any atom is -0.489 e. The molecule has 0 aliphatic heterocycles. The van der Waals surface area contributed by atoms with Gasteiger partial charge in [0, 0.05) is 6.54 Å². The summed E-state index contributed by atoms with van der Waals surface area (Å²) in [6.07, 6.45) is 12.2. The number of carbonyl (C=O) groups excluding carboxylic acids is 1. The number of nitrogens with one attached hydrogen (secondary N) is 1. The van der Waals surface area contributed by atoms with Crippen molar-refractivity contribution in [3.05, 3.63) is 58.7 Å². The molecule has 0 saturated carbocycles. The van der Waals surface area contributed by atoms with Gasteiger partial charge >= 0.3 is 5.97 Å². The summed E-state index contributed by atoms with van der Waals surface area (Å²) in [5.41, 5.74) is 5.50. The summed E-state index contributed by atoms with van der Waals surface area (Å²) >= 11 is 0. The van der Waals surface area contributed by atoms with E-state index >= 15 is 0 Å². The van der Waals surface area contributed by atoms with Gasteiger partial charge in [0.05, 0.1) is 24.5 Å². The number of methoxy groups -OCH3 is 1. The molecule has 0 bridgehead atoms. The van der Waals surface area contributed by atoms with E-state index in [2.05, 4.69) is 58.2 Å². The summed E-state index contributed by atoms with van der Waals surface area (Å²) in [6, 6.07) is 5.37. The number of hydrogen-bond donors (Lipinski definition) is 1. The summed E-state index contributed by atoms with van der Waals surface area (Å²) in [5.74, 6) is 0.402. The van der Waals surface area contributed by atoms with Gasteiger partial charge in [0.25, 0.3) is 0 Å². The van der Waals surface area contributed by atoms with Gasteiger partial charge < -0.3 is 14.8 Å². The minimum absolute atomic E-state index is 0.105. The third kappa shape index (κ3) is 10.9. The zero-order valence-electron chi connectivity index (χ0n) is 20.5. The SMILES string of the molecule is CCC(C)Oc1ccc(C(=O)OC)cc1NC/C=C(\C)CC/C=C(\C)CCC=C(C)C. The molecule has 1 unspecified atom stereocenters. The van der Waals surface area contributed by atoms with Gasteiger partial charge in [-0.2, -0.15) is 0 Å². The maximum atomic E-state index is 11.9. The molecule has 0 saturated heterocycles. The maximum Gasteiger partial charge on any atom is 0.337 e. The first-order chi connectivity index (χ1) is 14.8. The third-order valence-electron chi connectivity index (χ3n) is 5.17. The van der Waals surface area contributed by atoms with Gasteiger partial charge in [-0.3, -0.25) is 0 Å². The van der Waals surface area contributed by atoms with Gasteiger partial charge in [-0.25, -0.2) is 4.79 Å². The molecule has 1 atom stereocenters. The molecule has 0 aliphatic rings. The van der Waals surface area contributed by atoms with Crippen molar-refractivity contribution in [1.29, 1.82) is 0 Å². The molecule has 1 aromatic carbocycles. The Morgan fingerprint density at radius 3 is 2.29 bits per heavy atom. The molecule has 0 fully saturated rings. The predicted octanol–water partition coefficient (Wildman–Crippen LogP) is 7.48. The van der Waals surface area contributed by atoms with Crippen LogP contribution in [-0.4, -0.2) is 25.7 Å². The number of carbonyl (C=O) groups is 1. The highest BCUT2D eigenvalue weighted by atomic mass is 16.5. The third-order valence-corrected chi connectivity index (χ3v) is 5.17. The van der Waals surface area contributed by atoms with Crippen LogP contribution < -0.4 is 10.1 Å². The van der Waals surface area contributed by atoms with Crippen LogP contribution in [0.4, 0.5) is 5.69 Å². The molecular weight excluding hydrogens is 386 g/mol.